The van der Waals surface area contributed by atoms with Crippen molar-refractivity contribution in [3.63, 3.8) is 0 Å². The van der Waals surface area contributed by atoms with E-state index >= 15 is 0 Å². The highest BCUT2D eigenvalue weighted by Crippen LogP contribution is 1.88. The van der Waals surface area contributed by atoms with Crippen molar-refractivity contribution in [1.82, 2.24) is 5.32 Å². The highest BCUT2D eigenvalue weighted by Gasteiger charge is 1.92. The topological polar surface area (TPSA) is 49.0 Å². The molecule has 0 atom stereocenters. The second kappa shape index (κ2) is 17.8. The van der Waals surface area contributed by atoms with Crippen molar-refractivity contribution in [3.05, 3.63) is 0 Å². The van der Waals surface area contributed by atoms with Gasteiger partial charge in [0.1, 0.15) is 0 Å². The normalized spacial score (nSPS) is 11.1. The maximum absolute atomic E-state index is 5.44. The lowest BCUT2D eigenvalue weighted by atomic mass is 10.3. The predicted octanol–water partition coefficient (Wildman–Crippen LogP) is 1.46. The average molecular weight is 277 g/mol. The van der Waals surface area contributed by atoms with Gasteiger partial charge in [-0.15, -0.1) is 0 Å². The first kappa shape index (κ1) is 18.8. The Bertz CT molecular complexity index is 142. The van der Waals surface area contributed by atoms with E-state index in [0.29, 0.717) is 13.2 Å². The molecule has 0 aliphatic rings. The molecule has 0 saturated heterocycles. The minimum atomic E-state index is 0.665. The van der Waals surface area contributed by atoms with Gasteiger partial charge in [-0.3, -0.25) is 0 Å². The zero-order valence-electron chi connectivity index (χ0n) is 12.6. The van der Waals surface area contributed by atoms with E-state index in [2.05, 4.69) is 5.32 Å². The number of hydrogen-bond donors (Lipinski definition) is 1. The van der Waals surface area contributed by atoms with Gasteiger partial charge in [-0.1, -0.05) is 0 Å². The number of hydrogen-bond acceptors (Lipinski definition) is 5. The van der Waals surface area contributed by atoms with E-state index in [4.69, 9.17) is 18.9 Å². The molecule has 0 aliphatic heterocycles. The fourth-order valence-corrected chi connectivity index (χ4v) is 1.50. The van der Waals surface area contributed by atoms with Crippen LogP contribution in [0.5, 0.6) is 0 Å². The van der Waals surface area contributed by atoms with Crippen LogP contribution in [0.25, 0.3) is 0 Å². The van der Waals surface area contributed by atoms with Crippen LogP contribution in [0, 0.1) is 0 Å². The van der Waals surface area contributed by atoms with E-state index in [1.165, 1.54) is 0 Å². The molecule has 0 heterocycles. The lowest BCUT2D eigenvalue weighted by molar-refractivity contribution is 0.0408. The minimum absolute atomic E-state index is 0.665. The van der Waals surface area contributed by atoms with Crippen LogP contribution in [0.3, 0.4) is 0 Å². The fraction of sp³-hybridized carbons (Fsp3) is 1.00. The van der Waals surface area contributed by atoms with Crippen molar-refractivity contribution >= 4 is 0 Å². The number of unbranched alkanes of at least 4 members (excludes halogenated alkanes) is 1. The summed E-state index contributed by atoms with van der Waals surface area (Å²) in [5.74, 6) is 0. The average Bonchev–Trinajstić information content (AvgIpc) is 2.43. The smallest absolute Gasteiger partial charge is 0.0701 e. The van der Waals surface area contributed by atoms with E-state index in [1.54, 1.807) is 7.11 Å². The van der Waals surface area contributed by atoms with Crippen LogP contribution in [0.4, 0.5) is 0 Å². The van der Waals surface area contributed by atoms with Gasteiger partial charge >= 0.3 is 0 Å². The molecule has 0 saturated carbocycles. The minimum Gasteiger partial charge on any atom is -0.385 e. The highest BCUT2D eigenvalue weighted by atomic mass is 16.5. The van der Waals surface area contributed by atoms with Crippen LogP contribution in [0.15, 0.2) is 0 Å². The van der Waals surface area contributed by atoms with Gasteiger partial charge in [0.25, 0.3) is 0 Å². The summed E-state index contributed by atoms with van der Waals surface area (Å²) in [5.41, 5.74) is 0. The summed E-state index contributed by atoms with van der Waals surface area (Å²) in [6.07, 6.45) is 3.22. The van der Waals surface area contributed by atoms with Crippen molar-refractivity contribution in [2.24, 2.45) is 0 Å². The van der Waals surface area contributed by atoms with Crippen LogP contribution in [0.2, 0.25) is 0 Å². The predicted molar refractivity (Wildman–Crippen MR) is 76.7 cm³/mol. The van der Waals surface area contributed by atoms with E-state index in [0.717, 1.165) is 65.4 Å². The SMILES string of the molecule is CCOCCCCNCCOCCOCCCOC. The molecular weight excluding hydrogens is 246 g/mol. The maximum Gasteiger partial charge on any atom is 0.0701 e. The highest BCUT2D eigenvalue weighted by molar-refractivity contribution is 4.47. The number of ether oxygens (including phenoxy) is 4. The zero-order valence-corrected chi connectivity index (χ0v) is 12.6. The molecule has 0 unspecified atom stereocenters. The van der Waals surface area contributed by atoms with Gasteiger partial charge in [-0.25, -0.2) is 0 Å². The summed E-state index contributed by atoms with van der Waals surface area (Å²) in [4.78, 5) is 0. The Balaban J connectivity index is 2.88. The second-order valence-corrected chi connectivity index (χ2v) is 4.23. The molecule has 0 bridgehead atoms. The third kappa shape index (κ3) is 17.8. The molecule has 0 aromatic carbocycles. The van der Waals surface area contributed by atoms with Crippen molar-refractivity contribution in [2.75, 3.05) is 66.4 Å². The number of rotatable bonds is 16. The summed E-state index contributed by atoms with van der Waals surface area (Å²) in [7, 11) is 1.70. The Labute approximate surface area is 117 Å². The number of methoxy groups -OCH3 is 1. The second-order valence-electron chi connectivity index (χ2n) is 4.23. The Morgan fingerprint density at radius 1 is 0.684 bits per heavy atom. The molecule has 0 rings (SSSR count). The molecule has 0 amide bonds. The van der Waals surface area contributed by atoms with Gasteiger partial charge in [-0.05, 0) is 32.7 Å². The first-order valence-electron chi connectivity index (χ1n) is 7.34. The summed E-state index contributed by atoms with van der Waals surface area (Å²) in [6, 6.07) is 0. The van der Waals surface area contributed by atoms with Gasteiger partial charge in [0.05, 0.1) is 19.8 Å². The maximum atomic E-state index is 5.44. The molecular formula is C14H31NO4. The van der Waals surface area contributed by atoms with E-state index in [9.17, 15) is 0 Å². The zero-order chi connectivity index (χ0) is 14.0. The van der Waals surface area contributed by atoms with Gasteiger partial charge < -0.3 is 24.3 Å². The number of nitrogens with one attached hydrogen (secondary N) is 1. The van der Waals surface area contributed by atoms with E-state index in [1.807, 2.05) is 6.92 Å². The molecule has 0 radical (unpaired) electrons. The molecule has 19 heavy (non-hydrogen) atoms. The Kier molecular flexibility index (Phi) is 17.6. The van der Waals surface area contributed by atoms with Gasteiger partial charge in [0, 0.05) is 40.1 Å². The molecule has 0 aliphatic carbocycles. The lowest BCUT2D eigenvalue weighted by Gasteiger charge is -2.07. The first-order valence-corrected chi connectivity index (χ1v) is 7.34. The molecule has 1 N–H and O–H groups in total. The molecule has 5 nitrogen and oxygen atoms in total. The molecule has 0 spiro atoms. The van der Waals surface area contributed by atoms with Crippen molar-refractivity contribution in [1.29, 1.82) is 0 Å². The quantitative estimate of drug-likeness (QED) is 0.433. The van der Waals surface area contributed by atoms with E-state index < -0.39 is 0 Å². The molecule has 0 fully saturated rings. The Hall–Kier alpha value is -0.200. The fourth-order valence-electron chi connectivity index (χ4n) is 1.50. The van der Waals surface area contributed by atoms with Crippen LogP contribution in [-0.2, 0) is 18.9 Å². The van der Waals surface area contributed by atoms with Crippen molar-refractivity contribution in [2.45, 2.75) is 26.2 Å². The molecule has 5 heteroatoms. The van der Waals surface area contributed by atoms with Gasteiger partial charge in [0.15, 0.2) is 0 Å². The van der Waals surface area contributed by atoms with Gasteiger partial charge in [0.2, 0.25) is 0 Å². The van der Waals surface area contributed by atoms with Crippen LogP contribution >= 0.6 is 0 Å². The summed E-state index contributed by atoms with van der Waals surface area (Å²) >= 11 is 0. The first-order chi connectivity index (χ1) is 9.41. The Morgan fingerprint density at radius 2 is 1.42 bits per heavy atom. The standard InChI is InChI=1S/C14H31NO4/c1-3-17-10-5-4-7-15-8-12-19-14-13-18-11-6-9-16-2/h15H,3-14H2,1-2H3. The van der Waals surface area contributed by atoms with Crippen LogP contribution < -0.4 is 5.32 Å². The largest absolute Gasteiger partial charge is 0.385 e. The summed E-state index contributed by atoms with van der Waals surface area (Å²) in [5, 5.41) is 3.34. The van der Waals surface area contributed by atoms with Crippen LogP contribution in [0.1, 0.15) is 26.2 Å². The van der Waals surface area contributed by atoms with Gasteiger partial charge in [-0.2, -0.15) is 0 Å². The monoisotopic (exact) mass is 277 g/mol. The van der Waals surface area contributed by atoms with Crippen molar-refractivity contribution in [3.8, 4) is 0 Å². The summed E-state index contributed by atoms with van der Waals surface area (Å²) in [6.45, 7) is 9.22. The van der Waals surface area contributed by atoms with Crippen LogP contribution in [-0.4, -0.2) is 66.4 Å². The van der Waals surface area contributed by atoms with E-state index in [-0.39, 0.29) is 0 Å². The third-order valence-corrected chi connectivity index (χ3v) is 2.53. The summed E-state index contributed by atoms with van der Waals surface area (Å²) < 4.78 is 21.0. The molecule has 116 valence electrons. The Morgan fingerprint density at radius 3 is 2.16 bits per heavy atom. The molecule has 0 aromatic heterocycles. The third-order valence-electron chi connectivity index (χ3n) is 2.53. The molecule has 0 aromatic rings. The van der Waals surface area contributed by atoms with Crippen molar-refractivity contribution < 1.29 is 18.9 Å². The lowest BCUT2D eigenvalue weighted by Crippen LogP contribution is -2.22.